The summed E-state index contributed by atoms with van der Waals surface area (Å²) in [6, 6.07) is 0. The molecule has 0 amide bonds. The molecule has 2 nitrogen and oxygen atoms in total. The largest absolute Gasteiger partial charge is 0.462 e. The van der Waals surface area contributed by atoms with Crippen LogP contribution in [-0.4, -0.2) is 12.1 Å². The fourth-order valence-corrected chi connectivity index (χ4v) is 9.09. The number of rotatable bonds is 6. The lowest BCUT2D eigenvalue weighted by Crippen LogP contribution is -2.51. The lowest BCUT2D eigenvalue weighted by Gasteiger charge is -2.58. The zero-order valence-electron chi connectivity index (χ0n) is 24.6. The first-order chi connectivity index (χ1) is 16.3. The molecule has 0 radical (unpaired) electrons. The van der Waals surface area contributed by atoms with Crippen molar-refractivity contribution in [1.29, 1.82) is 0 Å². The van der Waals surface area contributed by atoms with Gasteiger partial charge < -0.3 is 4.74 Å². The Kier molecular flexibility index (Phi) is 7.65. The predicted molar refractivity (Wildman–Crippen MR) is 147 cm³/mol. The molecule has 3 fully saturated rings. The third-order valence-corrected chi connectivity index (χ3v) is 11.9. The van der Waals surface area contributed by atoms with Crippen molar-refractivity contribution >= 4 is 5.97 Å². The van der Waals surface area contributed by atoms with E-state index < -0.39 is 5.41 Å². The van der Waals surface area contributed by atoms with Gasteiger partial charge in [-0.1, -0.05) is 66.0 Å². The summed E-state index contributed by atoms with van der Waals surface area (Å²) in [6.45, 7) is 21.0. The van der Waals surface area contributed by atoms with Crippen molar-refractivity contribution in [2.75, 3.05) is 0 Å². The summed E-state index contributed by atoms with van der Waals surface area (Å²) in [7, 11) is 0. The highest BCUT2D eigenvalue weighted by molar-refractivity contribution is 5.75. The molecule has 4 rings (SSSR count). The first kappa shape index (κ1) is 27.3. The summed E-state index contributed by atoms with van der Waals surface area (Å²) in [6.07, 6.45) is 15.7. The number of ether oxygens (including phenoxy) is 1. The van der Waals surface area contributed by atoms with Gasteiger partial charge in [0.15, 0.2) is 0 Å². The molecule has 0 heterocycles. The van der Waals surface area contributed by atoms with Crippen LogP contribution < -0.4 is 0 Å². The van der Waals surface area contributed by atoms with Crippen molar-refractivity contribution in [1.82, 2.24) is 0 Å². The Morgan fingerprint density at radius 3 is 2.37 bits per heavy atom. The molecule has 0 aromatic carbocycles. The van der Waals surface area contributed by atoms with Gasteiger partial charge in [-0.15, -0.1) is 0 Å². The van der Waals surface area contributed by atoms with Crippen molar-refractivity contribution in [2.45, 2.75) is 133 Å². The molecule has 4 aliphatic rings. The van der Waals surface area contributed by atoms with Gasteiger partial charge in [0, 0.05) is 6.42 Å². The third-order valence-electron chi connectivity index (χ3n) is 11.9. The van der Waals surface area contributed by atoms with Crippen LogP contribution in [-0.2, 0) is 9.53 Å². The zero-order chi connectivity index (χ0) is 25.8. The number of fused-ring (bicyclic) bond motifs is 5. The Labute approximate surface area is 217 Å². The van der Waals surface area contributed by atoms with Crippen LogP contribution in [0.4, 0.5) is 0 Å². The maximum Gasteiger partial charge on any atom is 0.311 e. The Morgan fingerprint density at radius 1 is 1.00 bits per heavy atom. The van der Waals surface area contributed by atoms with Gasteiger partial charge >= 0.3 is 5.97 Å². The number of carbonyl (C=O) groups excluding carboxylic acids is 1. The predicted octanol–water partition coefficient (Wildman–Crippen LogP) is 9.23. The number of allylic oxidation sites excluding steroid dienone is 1. The Balaban J connectivity index is 1.44. The van der Waals surface area contributed by atoms with Crippen LogP contribution in [0.25, 0.3) is 0 Å². The topological polar surface area (TPSA) is 26.3 Å². The Hall–Kier alpha value is -0.790. The van der Waals surface area contributed by atoms with E-state index in [0.29, 0.717) is 10.8 Å². The van der Waals surface area contributed by atoms with Gasteiger partial charge in [-0.25, -0.2) is 0 Å². The van der Waals surface area contributed by atoms with Crippen LogP contribution in [0.15, 0.2) is 11.6 Å². The van der Waals surface area contributed by atoms with Crippen molar-refractivity contribution in [3.8, 4) is 0 Å². The molecule has 0 aromatic rings. The highest BCUT2D eigenvalue weighted by Gasteiger charge is 2.59. The SMILES string of the molecule is CC(C)[C@H](C)CC[C@@H](C)[C@H]1CC[C@H]2[C@@H]3CC=C4CC(OC(=O)C(C)(C)C)CC[C@]4(C)[C@H]3CC[C@]12C. The molecule has 0 bridgehead atoms. The average molecular weight is 485 g/mol. The fourth-order valence-electron chi connectivity index (χ4n) is 9.09. The number of carbonyl (C=O) groups is 1. The maximum atomic E-state index is 12.5. The molecule has 200 valence electrons. The summed E-state index contributed by atoms with van der Waals surface area (Å²) >= 11 is 0. The van der Waals surface area contributed by atoms with E-state index in [1.54, 1.807) is 5.57 Å². The van der Waals surface area contributed by atoms with Gasteiger partial charge in [-0.2, -0.15) is 0 Å². The van der Waals surface area contributed by atoms with Gasteiger partial charge in [0.05, 0.1) is 5.41 Å². The molecular formula is C33H56O2. The van der Waals surface area contributed by atoms with E-state index in [9.17, 15) is 4.79 Å². The second-order valence-electron chi connectivity index (χ2n) is 15.3. The minimum Gasteiger partial charge on any atom is -0.462 e. The van der Waals surface area contributed by atoms with Crippen LogP contribution in [0.3, 0.4) is 0 Å². The van der Waals surface area contributed by atoms with Crippen LogP contribution in [0, 0.1) is 57.7 Å². The van der Waals surface area contributed by atoms with Gasteiger partial charge in [0.25, 0.3) is 0 Å². The third kappa shape index (κ3) is 5.03. The summed E-state index contributed by atoms with van der Waals surface area (Å²) < 4.78 is 5.99. The molecule has 0 aromatic heterocycles. The standard InChI is InChI=1S/C33H56O2/c1-21(2)22(3)10-11-23(4)27-14-15-28-26-13-12-24-20-25(35-30(34)31(5,6)7)16-18-32(24,8)29(26)17-19-33(27,28)9/h12,21-23,25-29H,10-11,13-20H2,1-9H3/t22-,23-,25?,26+,27-,28+,29+,32+,33-/m1/s1. The van der Waals surface area contributed by atoms with Gasteiger partial charge in [0.2, 0.25) is 0 Å². The van der Waals surface area contributed by atoms with Crippen molar-refractivity contribution in [2.24, 2.45) is 57.7 Å². The molecule has 0 spiro atoms. The maximum absolute atomic E-state index is 12.5. The number of hydrogen-bond donors (Lipinski definition) is 0. The molecule has 2 heteroatoms. The smallest absolute Gasteiger partial charge is 0.311 e. The molecule has 0 saturated heterocycles. The zero-order valence-corrected chi connectivity index (χ0v) is 24.6. The van der Waals surface area contributed by atoms with Gasteiger partial charge in [0.1, 0.15) is 6.10 Å². The normalized spacial score (nSPS) is 40.9. The second kappa shape index (κ2) is 9.83. The molecule has 9 atom stereocenters. The van der Waals surface area contributed by atoms with Crippen molar-refractivity contribution in [3.63, 3.8) is 0 Å². The molecule has 4 aliphatic carbocycles. The molecule has 0 aliphatic heterocycles. The van der Waals surface area contributed by atoms with E-state index in [0.717, 1.165) is 54.3 Å². The van der Waals surface area contributed by atoms with E-state index in [2.05, 4.69) is 47.6 Å². The van der Waals surface area contributed by atoms with Crippen molar-refractivity contribution in [3.05, 3.63) is 11.6 Å². The highest BCUT2D eigenvalue weighted by Crippen LogP contribution is 2.67. The van der Waals surface area contributed by atoms with Crippen LogP contribution >= 0.6 is 0 Å². The Bertz CT molecular complexity index is 802. The van der Waals surface area contributed by atoms with Crippen LogP contribution in [0.1, 0.15) is 127 Å². The minimum absolute atomic E-state index is 0.0391. The van der Waals surface area contributed by atoms with Crippen molar-refractivity contribution < 1.29 is 9.53 Å². The summed E-state index contributed by atoms with van der Waals surface area (Å²) in [5.74, 6) is 5.99. The average Bonchev–Trinajstić information content (AvgIpc) is 3.14. The van der Waals surface area contributed by atoms with E-state index in [-0.39, 0.29) is 12.1 Å². The van der Waals surface area contributed by atoms with E-state index >= 15 is 0 Å². The highest BCUT2D eigenvalue weighted by atomic mass is 16.5. The molecule has 1 unspecified atom stereocenters. The number of esters is 1. The summed E-state index contributed by atoms with van der Waals surface area (Å²) in [4.78, 5) is 12.5. The van der Waals surface area contributed by atoms with Gasteiger partial charge in [-0.3, -0.25) is 4.79 Å². The number of hydrogen-bond acceptors (Lipinski definition) is 2. The summed E-state index contributed by atoms with van der Waals surface area (Å²) in [5, 5.41) is 0. The van der Waals surface area contributed by atoms with E-state index in [1.165, 1.54) is 51.4 Å². The minimum atomic E-state index is -0.413. The first-order valence-electron chi connectivity index (χ1n) is 15.2. The lowest BCUT2D eigenvalue weighted by molar-refractivity contribution is -0.161. The molecule has 3 saturated carbocycles. The summed E-state index contributed by atoms with van der Waals surface area (Å²) in [5.41, 5.74) is 2.07. The van der Waals surface area contributed by atoms with Crippen LogP contribution in [0.2, 0.25) is 0 Å². The lowest BCUT2D eigenvalue weighted by atomic mass is 9.47. The monoisotopic (exact) mass is 484 g/mol. The Morgan fingerprint density at radius 2 is 1.71 bits per heavy atom. The van der Waals surface area contributed by atoms with Crippen LogP contribution in [0.5, 0.6) is 0 Å². The molecule has 0 N–H and O–H groups in total. The fraction of sp³-hybridized carbons (Fsp3) is 0.909. The first-order valence-corrected chi connectivity index (χ1v) is 15.2. The molecular weight excluding hydrogens is 428 g/mol. The second-order valence-corrected chi connectivity index (χ2v) is 15.3. The van der Waals surface area contributed by atoms with E-state index in [4.69, 9.17) is 4.74 Å². The van der Waals surface area contributed by atoms with E-state index in [1.807, 2.05) is 20.8 Å². The van der Waals surface area contributed by atoms with Gasteiger partial charge in [-0.05, 0) is 118 Å². The molecule has 35 heavy (non-hydrogen) atoms. The quantitative estimate of drug-likeness (QED) is 0.277.